The number of furan rings is 1. The second-order valence-electron chi connectivity index (χ2n) is 4.52. The maximum atomic E-state index is 11.8. The van der Waals surface area contributed by atoms with Crippen molar-refractivity contribution in [3.63, 3.8) is 0 Å². The molecule has 1 amide bonds. The number of carboxylic acids is 1. The van der Waals surface area contributed by atoms with Crippen molar-refractivity contribution < 1.29 is 19.1 Å². The molecule has 1 atom stereocenters. The van der Waals surface area contributed by atoms with Crippen LogP contribution >= 0.6 is 11.8 Å². The zero-order valence-corrected chi connectivity index (χ0v) is 12.2. The number of hydrogen-bond acceptors (Lipinski definition) is 4. The summed E-state index contributed by atoms with van der Waals surface area (Å²) in [5, 5.41) is 8.73. The molecule has 5 nitrogen and oxygen atoms in total. The molecule has 1 unspecified atom stereocenters. The summed E-state index contributed by atoms with van der Waals surface area (Å²) in [5.41, 5.74) is 0. The first-order valence-electron chi connectivity index (χ1n) is 6.00. The summed E-state index contributed by atoms with van der Waals surface area (Å²) in [6, 6.07) is 3.70. The fourth-order valence-corrected chi connectivity index (χ4v) is 2.41. The third kappa shape index (κ3) is 5.38. The van der Waals surface area contributed by atoms with Crippen LogP contribution in [0, 0.1) is 12.8 Å². The fourth-order valence-electron chi connectivity index (χ4n) is 1.40. The Bertz CT molecular complexity index is 444. The Hall–Kier alpha value is -1.43. The summed E-state index contributed by atoms with van der Waals surface area (Å²) in [7, 11) is 1.71. The van der Waals surface area contributed by atoms with E-state index >= 15 is 0 Å². The number of nitrogens with zero attached hydrogens (tertiary/aromatic N) is 1. The lowest BCUT2D eigenvalue weighted by atomic mass is 10.2. The molecule has 1 rings (SSSR count). The number of thioether (sulfide) groups is 1. The number of amides is 1. The van der Waals surface area contributed by atoms with E-state index < -0.39 is 11.9 Å². The van der Waals surface area contributed by atoms with E-state index in [0.717, 1.165) is 11.5 Å². The van der Waals surface area contributed by atoms with Crippen molar-refractivity contribution in [2.45, 2.75) is 20.4 Å². The number of aliphatic carboxylic acids is 1. The van der Waals surface area contributed by atoms with Crippen molar-refractivity contribution in [3.8, 4) is 0 Å². The second-order valence-corrected chi connectivity index (χ2v) is 5.55. The van der Waals surface area contributed by atoms with Gasteiger partial charge in [-0.3, -0.25) is 9.59 Å². The molecule has 0 saturated heterocycles. The number of carboxylic acid groups (broad SMARTS) is 1. The number of hydrogen-bond donors (Lipinski definition) is 1. The van der Waals surface area contributed by atoms with Gasteiger partial charge in [0.15, 0.2) is 0 Å². The van der Waals surface area contributed by atoms with Crippen LogP contribution in [-0.4, -0.2) is 40.4 Å². The molecule has 0 spiro atoms. The summed E-state index contributed by atoms with van der Waals surface area (Å²) in [5.74, 6) is 0.993. The van der Waals surface area contributed by atoms with Crippen LogP contribution < -0.4 is 0 Å². The molecule has 0 aliphatic heterocycles. The Balaban J connectivity index is 2.31. The van der Waals surface area contributed by atoms with Crippen LogP contribution in [0.5, 0.6) is 0 Å². The highest BCUT2D eigenvalue weighted by molar-refractivity contribution is 7.99. The van der Waals surface area contributed by atoms with Crippen LogP contribution in [0.2, 0.25) is 0 Å². The summed E-state index contributed by atoms with van der Waals surface area (Å²) in [6.45, 7) is 3.92. The monoisotopic (exact) mass is 285 g/mol. The van der Waals surface area contributed by atoms with Crippen LogP contribution in [0.3, 0.4) is 0 Å². The molecule has 0 radical (unpaired) electrons. The van der Waals surface area contributed by atoms with E-state index in [9.17, 15) is 9.59 Å². The van der Waals surface area contributed by atoms with Crippen LogP contribution in [0.15, 0.2) is 16.5 Å². The highest BCUT2D eigenvalue weighted by atomic mass is 32.2. The molecule has 6 heteroatoms. The first-order chi connectivity index (χ1) is 8.90. The minimum absolute atomic E-state index is 0.0309. The van der Waals surface area contributed by atoms with E-state index in [1.807, 2.05) is 19.1 Å². The Labute approximate surface area is 117 Å². The maximum absolute atomic E-state index is 11.8. The Kier molecular flexibility index (Phi) is 5.95. The van der Waals surface area contributed by atoms with Gasteiger partial charge in [0.1, 0.15) is 11.5 Å². The van der Waals surface area contributed by atoms with Gasteiger partial charge in [0, 0.05) is 12.8 Å². The van der Waals surface area contributed by atoms with Crippen LogP contribution in [0.1, 0.15) is 18.4 Å². The van der Waals surface area contributed by atoms with E-state index in [2.05, 4.69) is 0 Å². The van der Waals surface area contributed by atoms with Crippen molar-refractivity contribution in [1.29, 1.82) is 0 Å². The van der Waals surface area contributed by atoms with Gasteiger partial charge in [0.25, 0.3) is 0 Å². The lowest BCUT2D eigenvalue weighted by Crippen LogP contribution is -2.28. The van der Waals surface area contributed by atoms with E-state index in [1.54, 1.807) is 18.9 Å². The van der Waals surface area contributed by atoms with Gasteiger partial charge in [-0.25, -0.2) is 0 Å². The van der Waals surface area contributed by atoms with E-state index in [1.165, 1.54) is 11.8 Å². The van der Waals surface area contributed by atoms with Crippen molar-refractivity contribution in [2.24, 2.45) is 5.92 Å². The zero-order valence-electron chi connectivity index (χ0n) is 11.4. The quantitative estimate of drug-likeness (QED) is 0.829. The minimum Gasteiger partial charge on any atom is -0.481 e. The van der Waals surface area contributed by atoms with E-state index in [4.69, 9.17) is 9.52 Å². The van der Waals surface area contributed by atoms with E-state index in [-0.39, 0.29) is 11.7 Å². The summed E-state index contributed by atoms with van der Waals surface area (Å²) >= 11 is 1.34. The topological polar surface area (TPSA) is 70.8 Å². The van der Waals surface area contributed by atoms with Crippen molar-refractivity contribution in [2.75, 3.05) is 18.6 Å². The Morgan fingerprint density at radius 1 is 1.47 bits per heavy atom. The molecule has 0 fully saturated rings. The first kappa shape index (κ1) is 15.6. The SMILES string of the molecule is Cc1ccc(CN(C)C(=O)CSCC(C)C(=O)O)o1. The molecule has 0 saturated carbocycles. The molecule has 0 aromatic carbocycles. The number of carbonyl (C=O) groups is 2. The van der Waals surface area contributed by atoms with Gasteiger partial charge in [-0.1, -0.05) is 6.92 Å². The smallest absolute Gasteiger partial charge is 0.307 e. The largest absolute Gasteiger partial charge is 0.481 e. The molecule has 0 aliphatic carbocycles. The molecular weight excluding hydrogens is 266 g/mol. The normalized spacial score (nSPS) is 12.2. The highest BCUT2D eigenvalue weighted by Crippen LogP contribution is 2.12. The van der Waals surface area contributed by atoms with Gasteiger partial charge >= 0.3 is 5.97 Å². The molecule has 106 valence electrons. The zero-order chi connectivity index (χ0) is 14.4. The first-order valence-corrected chi connectivity index (χ1v) is 7.15. The average molecular weight is 285 g/mol. The summed E-state index contributed by atoms with van der Waals surface area (Å²) < 4.78 is 5.40. The van der Waals surface area contributed by atoms with Crippen molar-refractivity contribution >= 4 is 23.6 Å². The molecule has 19 heavy (non-hydrogen) atoms. The summed E-state index contributed by atoms with van der Waals surface area (Å²) in [4.78, 5) is 24.0. The van der Waals surface area contributed by atoms with Gasteiger partial charge in [-0.2, -0.15) is 11.8 Å². The fraction of sp³-hybridized carbons (Fsp3) is 0.538. The van der Waals surface area contributed by atoms with Gasteiger partial charge in [0.2, 0.25) is 5.91 Å². The van der Waals surface area contributed by atoms with E-state index in [0.29, 0.717) is 12.3 Å². The van der Waals surface area contributed by atoms with Crippen molar-refractivity contribution in [1.82, 2.24) is 4.90 Å². The predicted molar refractivity (Wildman–Crippen MR) is 74.0 cm³/mol. The Morgan fingerprint density at radius 3 is 2.68 bits per heavy atom. The number of rotatable bonds is 7. The molecule has 1 heterocycles. The molecule has 1 N–H and O–H groups in total. The maximum Gasteiger partial charge on any atom is 0.307 e. The van der Waals surface area contributed by atoms with Crippen LogP contribution in [-0.2, 0) is 16.1 Å². The lowest BCUT2D eigenvalue weighted by Gasteiger charge is -2.15. The van der Waals surface area contributed by atoms with Crippen LogP contribution in [0.25, 0.3) is 0 Å². The summed E-state index contributed by atoms with van der Waals surface area (Å²) in [6.07, 6.45) is 0. The average Bonchev–Trinajstić information content (AvgIpc) is 2.74. The third-order valence-electron chi connectivity index (χ3n) is 2.63. The van der Waals surface area contributed by atoms with Crippen LogP contribution in [0.4, 0.5) is 0 Å². The number of carbonyl (C=O) groups excluding carboxylic acids is 1. The highest BCUT2D eigenvalue weighted by Gasteiger charge is 2.14. The lowest BCUT2D eigenvalue weighted by molar-refractivity contribution is -0.140. The molecule has 1 aromatic heterocycles. The number of aryl methyl sites for hydroxylation is 1. The predicted octanol–water partition coefficient (Wildman–Crippen LogP) is 2.00. The molecule has 0 bridgehead atoms. The molecule has 0 aliphatic rings. The van der Waals surface area contributed by atoms with Gasteiger partial charge in [-0.05, 0) is 19.1 Å². The third-order valence-corrected chi connectivity index (χ3v) is 3.82. The van der Waals surface area contributed by atoms with Crippen molar-refractivity contribution in [3.05, 3.63) is 23.7 Å². The van der Waals surface area contributed by atoms with Gasteiger partial charge in [0.05, 0.1) is 18.2 Å². The Morgan fingerprint density at radius 2 is 2.16 bits per heavy atom. The second kappa shape index (κ2) is 7.23. The van der Waals surface area contributed by atoms with Gasteiger partial charge < -0.3 is 14.4 Å². The van der Waals surface area contributed by atoms with Gasteiger partial charge in [-0.15, -0.1) is 0 Å². The molecular formula is C13H19NO4S. The standard InChI is InChI=1S/C13H19NO4S/c1-9(13(16)17)7-19-8-12(15)14(3)6-11-5-4-10(2)18-11/h4-5,9H,6-8H2,1-3H3,(H,16,17). The minimum atomic E-state index is -0.834. The molecule has 1 aromatic rings.